The van der Waals surface area contributed by atoms with Crippen LogP contribution in [0.25, 0.3) is 0 Å². The Hall–Kier alpha value is -0.650. The van der Waals surface area contributed by atoms with Crippen LogP contribution in [0, 0.1) is 0 Å². The molecule has 3 rings (SSSR count). The van der Waals surface area contributed by atoms with Gasteiger partial charge in [-0.1, -0.05) is 0 Å². The zero-order valence-electron chi connectivity index (χ0n) is 8.52. The normalized spacial score (nSPS) is 25.6. The first-order chi connectivity index (χ1) is 7.42. The van der Waals surface area contributed by atoms with Gasteiger partial charge in [-0.05, 0) is 0 Å². The predicted molar refractivity (Wildman–Crippen MR) is 58.6 cm³/mol. The number of anilines is 1. The number of rotatable bonds is 3. The fraction of sp³-hybridized carbons (Fsp3) is 0.700. The first kappa shape index (κ1) is 9.57. The van der Waals surface area contributed by atoms with Crippen molar-refractivity contribution in [1.82, 2.24) is 4.98 Å². The summed E-state index contributed by atoms with van der Waals surface area (Å²) in [5.74, 6) is 0. The van der Waals surface area contributed by atoms with Gasteiger partial charge in [-0.25, -0.2) is 4.98 Å². The number of ether oxygens (including phenoxy) is 2. The van der Waals surface area contributed by atoms with Crippen LogP contribution >= 0.6 is 11.3 Å². The standard InChI is InChI=1S/C10H14N2O2S/c1-3-13-4-2-12(1)10-11-6-9(15-10)5-8-7-14-8/h6,8H,1-5,7H2. The molecule has 1 aromatic heterocycles. The Morgan fingerprint density at radius 3 is 3.00 bits per heavy atom. The molecule has 0 saturated carbocycles. The molecule has 3 heterocycles. The second-order valence-corrected chi connectivity index (χ2v) is 4.96. The number of morpholine rings is 1. The van der Waals surface area contributed by atoms with Gasteiger partial charge in [0.15, 0.2) is 5.13 Å². The smallest absolute Gasteiger partial charge is 0.185 e. The Morgan fingerprint density at radius 2 is 2.27 bits per heavy atom. The summed E-state index contributed by atoms with van der Waals surface area (Å²) in [6, 6.07) is 0. The van der Waals surface area contributed by atoms with Crippen LogP contribution < -0.4 is 4.90 Å². The summed E-state index contributed by atoms with van der Waals surface area (Å²) in [7, 11) is 0. The highest BCUT2D eigenvalue weighted by atomic mass is 32.1. The van der Waals surface area contributed by atoms with Gasteiger partial charge in [0.05, 0.1) is 25.9 Å². The van der Waals surface area contributed by atoms with Gasteiger partial charge in [-0.2, -0.15) is 0 Å². The van der Waals surface area contributed by atoms with E-state index in [0.717, 1.165) is 44.5 Å². The molecule has 82 valence electrons. The Labute approximate surface area is 92.8 Å². The Bertz CT molecular complexity index is 332. The lowest BCUT2D eigenvalue weighted by molar-refractivity contribution is 0.122. The lowest BCUT2D eigenvalue weighted by Gasteiger charge is -2.25. The van der Waals surface area contributed by atoms with Crippen LogP contribution in [0.15, 0.2) is 6.20 Å². The third-order valence-corrected chi connectivity index (χ3v) is 3.73. The fourth-order valence-corrected chi connectivity index (χ4v) is 2.73. The Balaban J connectivity index is 1.65. The third-order valence-electron chi connectivity index (χ3n) is 2.65. The highest BCUT2D eigenvalue weighted by Crippen LogP contribution is 2.26. The maximum atomic E-state index is 5.32. The Kier molecular flexibility index (Phi) is 2.60. The molecule has 2 saturated heterocycles. The minimum absolute atomic E-state index is 0.461. The van der Waals surface area contributed by atoms with Crippen LogP contribution in [-0.4, -0.2) is 44.0 Å². The third kappa shape index (κ3) is 2.30. The molecule has 2 aliphatic rings. The van der Waals surface area contributed by atoms with Gasteiger partial charge in [0.2, 0.25) is 0 Å². The minimum atomic E-state index is 0.461. The van der Waals surface area contributed by atoms with Crippen LogP contribution in [0.1, 0.15) is 4.88 Å². The number of hydrogen-bond acceptors (Lipinski definition) is 5. The van der Waals surface area contributed by atoms with Gasteiger partial charge in [0, 0.05) is 30.6 Å². The molecule has 2 fully saturated rings. The molecule has 0 aromatic carbocycles. The largest absolute Gasteiger partial charge is 0.378 e. The van der Waals surface area contributed by atoms with Crippen molar-refractivity contribution in [3.05, 3.63) is 11.1 Å². The van der Waals surface area contributed by atoms with E-state index in [1.165, 1.54) is 4.88 Å². The average molecular weight is 226 g/mol. The van der Waals surface area contributed by atoms with E-state index in [1.807, 2.05) is 6.20 Å². The van der Waals surface area contributed by atoms with Crippen molar-refractivity contribution in [3.8, 4) is 0 Å². The van der Waals surface area contributed by atoms with Crippen molar-refractivity contribution in [2.75, 3.05) is 37.8 Å². The van der Waals surface area contributed by atoms with Crippen LogP contribution in [-0.2, 0) is 15.9 Å². The monoisotopic (exact) mass is 226 g/mol. The second-order valence-electron chi connectivity index (χ2n) is 3.87. The van der Waals surface area contributed by atoms with Crippen molar-refractivity contribution in [1.29, 1.82) is 0 Å². The van der Waals surface area contributed by atoms with Crippen molar-refractivity contribution in [2.24, 2.45) is 0 Å². The molecule has 0 N–H and O–H groups in total. The van der Waals surface area contributed by atoms with Gasteiger partial charge in [0.1, 0.15) is 0 Å². The number of aromatic nitrogens is 1. The van der Waals surface area contributed by atoms with E-state index in [1.54, 1.807) is 11.3 Å². The Morgan fingerprint density at radius 1 is 1.47 bits per heavy atom. The van der Waals surface area contributed by atoms with E-state index in [0.29, 0.717) is 6.10 Å². The molecule has 0 aliphatic carbocycles. The molecular formula is C10H14N2O2S. The van der Waals surface area contributed by atoms with E-state index >= 15 is 0 Å². The summed E-state index contributed by atoms with van der Waals surface area (Å²) >= 11 is 1.79. The molecular weight excluding hydrogens is 212 g/mol. The number of nitrogens with zero attached hydrogens (tertiary/aromatic N) is 2. The molecule has 1 atom stereocenters. The first-order valence-electron chi connectivity index (χ1n) is 5.31. The number of thiazole rings is 1. The van der Waals surface area contributed by atoms with Crippen molar-refractivity contribution in [2.45, 2.75) is 12.5 Å². The molecule has 0 spiro atoms. The van der Waals surface area contributed by atoms with Crippen LogP contribution in [0.4, 0.5) is 5.13 Å². The van der Waals surface area contributed by atoms with Crippen molar-refractivity contribution in [3.63, 3.8) is 0 Å². The molecule has 0 radical (unpaired) electrons. The SMILES string of the molecule is c1nc(N2CCOCC2)sc1CC1CO1. The van der Waals surface area contributed by atoms with Gasteiger partial charge < -0.3 is 14.4 Å². The zero-order chi connectivity index (χ0) is 10.1. The molecule has 2 aliphatic heterocycles. The van der Waals surface area contributed by atoms with Gasteiger partial charge >= 0.3 is 0 Å². The molecule has 1 unspecified atom stereocenters. The number of hydrogen-bond donors (Lipinski definition) is 0. The van der Waals surface area contributed by atoms with E-state index in [2.05, 4.69) is 9.88 Å². The van der Waals surface area contributed by atoms with Crippen LogP contribution in [0.3, 0.4) is 0 Å². The summed E-state index contributed by atoms with van der Waals surface area (Å²) in [6.07, 6.45) is 3.47. The first-order valence-corrected chi connectivity index (χ1v) is 6.12. The zero-order valence-corrected chi connectivity index (χ0v) is 9.33. The quantitative estimate of drug-likeness (QED) is 0.718. The van der Waals surface area contributed by atoms with Gasteiger partial charge in [-0.3, -0.25) is 0 Å². The molecule has 0 bridgehead atoms. The maximum absolute atomic E-state index is 5.32. The average Bonchev–Trinajstić information content (AvgIpc) is 2.96. The molecule has 1 aromatic rings. The van der Waals surface area contributed by atoms with Crippen molar-refractivity contribution >= 4 is 16.5 Å². The van der Waals surface area contributed by atoms with Gasteiger partial charge in [0.25, 0.3) is 0 Å². The molecule has 4 nitrogen and oxygen atoms in total. The fourth-order valence-electron chi connectivity index (χ4n) is 1.70. The summed E-state index contributed by atoms with van der Waals surface area (Å²) < 4.78 is 10.5. The predicted octanol–water partition coefficient (Wildman–Crippen LogP) is 0.921. The lowest BCUT2D eigenvalue weighted by Crippen LogP contribution is -2.36. The summed E-state index contributed by atoms with van der Waals surface area (Å²) in [4.78, 5) is 8.08. The molecule has 5 heteroatoms. The van der Waals surface area contributed by atoms with E-state index in [-0.39, 0.29) is 0 Å². The molecule has 15 heavy (non-hydrogen) atoms. The summed E-state index contributed by atoms with van der Waals surface area (Å²) in [5.41, 5.74) is 0. The summed E-state index contributed by atoms with van der Waals surface area (Å²) in [5, 5.41) is 1.13. The molecule has 0 amide bonds. The van der Waals surface area contributed by atoms with Crippen molar-refractivity contribution < 1.29 is 9.47 Å². The van der Waals surface area contributed by atoms with E-state index < -0.39 is 0 Å². The maximum Gasteiger partial charge on any atom is 0.185 e. The minimum Gasteiger partial charge on any atom is -0.378 e. The van der Waals surface area contributed by atoms with Gasteiger partial charge in [-0.15, -0.1) is 11.3 Å². The lowest BCUT2D eigenvalue weighted by atomic mass is 10.3. The summed E-state index contributed by atoms with van der Waals surface area (Å²) in [6.45, 7) is 4.49. The van der Waals surface area contributed by atoms with Crippen LogP contribution in [0.5, 0.6) is 0 Å². The highest BCUT2D eigenvalue weighted by molar-refractivity contribution is 7.15. The second kappa shape index (κ2) is 4.08. The number of epoxide rings is 1. The van der Waals surface area contributed by atoms with E-state index in [4.69, 9.17) is 9.47 Å². The van der Waals surface area contributed by atoms with Crippen LogP contribution in [0.2, 0.25) is 0 Å². The highest BCUT2D eigenvalue weighted by Gasteiger charge is 2.24. The topological polar surface area (TPSA) is 37.9 Å². The van der Waals surface area contributed by atoms with E-state index in [9.17, 15) is 0 Å².